The first-order valence-corrected chi connectivity index (χ1v) is 9.22. The Kier molecular flexibility index (Phi) is 6.59. The Morgan fingerprint density at radius 1 is 1.07 bits per heavy atom. The van der Waals surface area contributed by atoms with Crippen molar-refractivity contribution in [2.75, 3.05) is 24.3 Å². The molecule has 0 bridgehead atoms. The normalized spacial score (nSPS) is 11.3. The molecule has 0 saturated carbocycles. The Balaban J connectivity index is 1.83. The number of nitrogens with zero attached hydrogens (tertiary/aromatic N) is 3. The van der Waals surface area contributed by atoms with Crippen molar-refractivity contribution in [2.45, 2.75) is 13.0 Å². The van der Waals surface area contributed by atoms with Gasteiger partial charge < -0.3 is 19.7 Å². The highest BCUT2D eigenvalue weighted by Crippen LogP contribution is 2.29. The molecule has 1 amide bonds. The number of aromatic nitrogens is 2. The van der Waals surface area contributed by atoms with E-state index < -0.39 is 18.0 Å². The molecule has 1 atom stereocenters. The summed E-state index contributed by atoms with van der Waals surface area (Å²) < 4.78 is 11.1. The number of carbonyl (C=O) groups is 2. The molecule has 1 unspecified atom stereocenters. The van der Waals surface area contributed by atoms with Crippen molar-refractivity contribution in [1.82, 2.24) is 9.97 Å². The molecule has 0 aliphatic rings. The minimum atomic E-state index is -1.12. The lowest BCUT2D eigenvalue weighted by molar-refractivity contribution is -0.152. The first kappa shape index (κ1) is 20.8. The van der Waals surface area contributed by atoms with Crippen molar-refractivity contribution >= 4 is 23.3 Å². The quantitative estimate of drug-likeness (QED) is 0.600. The van der Waals surface area contributed by atoms with Crippen LogP contribution in [0.4, 0.5) is 11.4 Å². The van der Waals surface area contributed by atoms with Gasteiger partial charge in [-0.1, -0.05) is 36.4 Å². The van der Waals surface area contributed by atoms with Crippen LogP contribution in [0.25, 0.3) is 0 Å². The van der Waals surface area contributed by atoms with Crippen molar-refractivity contribution in [1.29, 1.82) is 0 Å². The Morgan fingerprint density at radius 2 is 1.83 bits per heavy atom. The molecule has 0 aliphatic carbocycles. The lowest BCUT2D eigenvalue weighted by atomic mass is 10.1. The maximum Gasteiger partial charge on any atom is 0.303 e. The van der Waals surface area contributed by atoms with Gasteiger partial charge in [0.05, 0.1) is 6.20 Å². The molecule has 0 fully saturated rings. The van der Waals surface area contributed by atoms with Crippen LogP contribution in [0, 0.1) is 0 Å². The molecule has 1 N–H and O–H groups in total. The summed E-state index contributed by atoms with van der Waals surface area (Å²) in [7, 11) is 3.85. The summed E-state index contributed by atoms with van der Waals surface area (Å²) in [6.07, 6.45) is 1.63. The summed E-state index contributed by atoms with van der Waals surface area (Å²) in [5.74, 6) is -0.391. The van der Waals surface area contributed by atoms with Crippen LogP contribution in [0.15, 0.2) is 67.1 Å². The van der Waals surface area contributed by atoms with Gasteiger partial charge in [0, 0.05) is 38.3 Å². The summed E-state index contributed by atoms with van der Waals surface area (Å²) in [6, 6.07) is 16.2. The van der Waals surface area contributed by atoms with Crippen LogP contribution in [-0.4, -0.2) is 35.9 Å². The minimum absolute atomic E-state index is 0.170. The third-order valence-electron chi connectivity index (χ3n) is 4.11. The van der Waals surface area contributed by atoms with Crippen LogP contribution in [0.3, 0.4) is 0 Å². The molecule has 0 saturated heterocycles. The molecular weight excluding hydrogens is 384 g/mol. The fourth-order valence-electron chi connectivity index (χ4n) is 2.69. The second-order valence-electron chi connectivity index (χ2n) is 6.62. The summed E-state index contributed by atoms with van der Waals surface area (Å²) in [6.45, 7) is 1.25. The molecule has 0 spiro atoms. The maximum absolute atomic E-state index is 12.9. The number of carbonyl (C=O) groups excluding carboxylic acids is 2. The highest BCUT2D eigenvalue weighted by Gasteiger charge is 2.25. The molecule has 154 valence electrons. The Bertz CT molecular complexity index is 1020. The van der Waals surface area contributed by atoms with Gasteiger partial charge in [-0.3, -0.25) is 9.59 Å². The van der Waals surface area contributed by atoms with E-state index in [1.54, 1.807) is 30.3 Å². The van der Waals surface area contributed by atoms with E-state index in [4.69, 9.17) is 9.47 Å². The zero-order chi connectivity index (χ0) is 21.5. The minimum Gasteiger partial charge on any atom is -0.447 e. The van der Waals surface area contributed by atoms with Crippen molar-refractivity contribution in [3.05, 3.63) is 72.7 Å². The van der Waals surface area contributed by atoms with E-state index >= 15 is 0 Å². The monoisotopic (exact) mass is 406 g/mol. The van der Waals surface area contributed by atoms with Crippen LogP contribution in [0.5, 0.6) is 11.6 Å². The standard InChI is InChI=1S/C22H22N4O4/c1-15(27)29-20(16-8-5-4-6-9-16)21(28)25-19-13-23-14-24-22(19)30-18-11-7-10-17(12-18)26(2)3/h4-14,20H,1-3H3,(H,25,28). The number of hydrogen-bond acceptors (Lipinski definition) is 7. The molecule has 8 nitrogen and oxygen atoms in total. The Labute approximate surface area is 174 Å². The molecule has 2 aromatic carbocycles. The molecule has 0 aliphatic heterocycles. The fourth-order valence-corrected chi connectivity index (χ4v) is 2.69. The van der Waals surface area contributed by atoms with E-state index in [-0.39, 0.29) is 11.6 Å². The molecule has 3 rings (SSSR count). The average molecular weight is 406 g/mol. The molecular formula is C22H22N4O4. The lowest BCUT2D eigenvalue weighted by Crippen LogP contribution is -2.25. The summed E-state index contributed by atoms with van der Waals surface area (Å²) in [4.78, 5) is 34.4. The van der Waals surface area contributed by atoms with E-state index in [0.29, 0.717) is 11.3 Å². The average Bonchev–Trinajstić information content (AvgIpc) is 2.74. The summed E-state index contributed by atoms with van der Waals surface area (Å²) in [5, 5.41) is 2.70. The van der Waals surface area contributed by atoms with Crippen LogP contribution in [0.2, 0.25) is 0 Å². The van der Waals surface area contributed by atoms with Crippen LogP contribution in [0.1, 0.15) is 18.6 Å². The summed E-state index contributed by atoms with van der Waals surface area (Å²) >= 11 is 0. The van der Waals surface area contributed by atoms with Crippen LogP contribution in [-0.2, 0) is 14.3 Å². The molecule has 3 aromatic rings. The van der Waals surface area contributed by atoms with Crippen molar-refractivity contribution in [3.8, 4) is 11.6 Å². The predicted octanol–water partition coefficient (Wildman–Crippen LogP) is 3.58. The van der Waals surface area contributed by atoms with Crippen molar-refractivity contribution < 1.29 is 19.1 Å². The van der Waals surface area contributed by atoms with Gasteiger partial charge >= 0.3 is 5.97 Å². The van der Waals surface area contributed by atoms with Gasteiger partial charge in [0.2, 0.25) is 12.0 Å². The predicted molar refractivity (Wildman–Crippen MR) is 112 cm³/mol. The molecule has 0 radical (unpaired) electrons. The zero-order valence-electron chi connectivity index (χ0n) is 16.9. The molecule has 1 aromatic heterocycles. The van der Waals surface area contributed by atoms with Crippen LogP contribution >= 0.6 is 0 Å². The second-order valence-corrected chi connectivity index (χ2v) is 6.62. The Morgan fingerprint density at radius 3 is 2.53 bits per heavy atom. The summed E-state index contributed by atoms with van der Waals surface area (Å²) in [5.41, 5.74) is 1.75. The van der Waals surface area contributed by atoms with E-state index in [1.165, 1.54) is 19.4 Å². The number of rotatable bonds is 7. The zero-order valence-corrected chi connectivity index (χ0v) is 16.9. The number of ether oxygens (including phenoxy) is 2. The third kappa shape index (κ3) is 5.32. The SMILES string of the molecule is CC(=O)OC(C(=O)Nc1cncnc1Oc1cccc(N(C)C)c1)c1ccccc1. The van der Waals surface area contributed by atoms with Gasteiger partial charge in [-0.05, 0) is 12.1 Å². The number of anilines is 2. The van der Waals surface area contributed by atoms with E-state index in [2.05, 4.69) is 15.3 Å². The number of esters is 1. The third-order valence-corrected chi connectivity index (χ3v) is 4.11. The maximum atomic E-state index is 12.9. The largest absolute Gasteiger partial charge is 0.447 e. The van der Waals surface area contributed by atoms with Gasteiger partial charge in [0.15, 0.2) is 0 Å². The van der Waals surface area contributed by atoms with Crippen molar-refractivity contribution in [2.24, 2.45) is 0 Å². The van der Waals surface area contributed by atoms with E-state index in [1.807, 2.05) is 43.3 Å². The van der Waals surface area contributed by atoms with E-state index in [9.17, 15) is 9.59 Å². The number of benzene rings is 2. The van der Waals surface area contributed by atoms with Gasteiger partial charge in [0.25, 0.3) is 5.91 Å². The van der Waals surface area contributed by atoms with Gasteiger partial charge in [0.1, 0.15) is 17.8 Å². The number of nitrogens with one attached hydrogen (secondary N) is 1. The second kappa shape index (κ2) is 9.51. The number of amides is 1. The highest BCUT2D eigenvalue weighted by molar-refractivity contribution is 5.96. The van der Waals surface area contributed by atoms with Crippen molar-refractivity contribution in [3.63, 3.8) is 0 Å². The lowest BCUT2D eigenvalue weighted by Gasteiger charge is -2.18. The van der Waals surface area contributed by atoms with Gasteiger partial charge in [-0.15, -0.1) is 0 Å². The topological polar surface area (TPSA) is 93.7 Å². The fraction of sp³-hybridized carbons (Fsp3) is 0.182. The Hall–Kier alpha value is -3.94. The highest BCUT2D eigenvalue weighted by atomic mass is 16.5. The number of hydrogen-bond donors (Lipinski definition) is 1. The first-order valence-electron chi connectivity index (χ1n) is 9.22. The van der Waals surface area contributed by atoms with Crippen LogP contribution < -0.4 is 15.0 Å². The molecule has 1 heterocycles. The van der Waals surface area contributed by atoms with Gasteiger partial charge in [-0.2, -0.15) is 4.98 Å². The first-order chi connectivity index (χ1) is 14.4. The van der Waals surface area contributed by atoms with E-state index in [0.717, 1.165) is 5.69 Å². The van der Waals surface area contributed by atoms with Gasteiger partial charge in [-0.25, -0.2) is 4.98 Å². The molecule has 30 heavy (non-hydrogen) atoms. The smallest absolute Gasteiger partial charge is 0.303 e. The molecule has 8 heteroatoms.